The SMILES string of the molecule is CC1CCCCC1N(C)c1nccc(/C(N)=N/O)n1. The number of hydrogen-bond donors (Lipinski definition) is 2. The van der Waals surface area contributed by atoms with E-state index in [2.05, 4.69) is 26.9 Å². The normalized spacial score (nSPS) is 24.2. The largest absolute Gasteiger partial charge is 0.409 e. The van der Waals surface area contributed by atoms with Gasteiger partial charge in [-0.2, -0.15) is 0 Å². The van der Waals surface area contributed by atoms with Crippen molar-refractivity contribution in [2.24, 2.45) is 16.8 Å². The van der Waals surface area contributed by atoms with Gasteiger partial charge in [-0.05, 0) is 24.8 Å². The molecule has 1 aliphatic rings. The van der Waals surface area contributed by atoms with Crippen LogP contribution in [0, 0.1) is 5.92 Å². The van der Waals surface area contributed by atoms with Crippen LogP contribution >= 0.6 is 0 Å². The number of amidine groups is 1. The zero-order valence-electron chi connectivity index (χ0n) is 11.5. The first-order valence-corrected chi connectivity index (χ1v) is 6.67. The molecule has 2 atom stereocenters. The van der Waals surface area contributed by atoms with Crippen LogP contribution in [-0.4, -0.2) is 34.1 Å². The third-order valence-corrected chi connectivity index (χ3v) is 3.89. The second-order valence-corrected chi connectivity index (χ2v) is 5.17. The van der Waals surface area contributed by atoms with Crippen LogP contribution in [-0.2, 0) is 0 Å². The molecule has 1 saturated carbocycles. The van der Waals surface area contributed by atoms with Crippen molar-refractivity contribution < 1.29 is 5.21 Å². The molecule has 0 spiro atoms. The molecule has 0 saturated heterocycles. The van der Waals surface area contributed by atoms with Crippen LogP contribution in [0.25, 0.3) is 0 Å². The molecule has 0 radical (unpaired) electrons. The summed E-state index contributed by atoms with van der Waals surface area (Å²) in [5.41, 5.74) is 6.01. The van der Waals surface area contributed by atoms with E-state index in [1.165, 1.54) is 19.3 Å². The van der Waals surface area contributed by atoms with E-state index >= 15 is 0 Å². The van der Waals surface area contributed by atoms with Gasteiger partial charge >= 0.3 is 0 Å². The van der Waals surface area contributed by atoms with E-state index in [9.17, 15) is 0 Å². The van der Waals surface area contributed by atoms with Gasteiger partial charge in [0.15, 0.2) is 5.84 Å². The van der Waals surface area contributed by atoms with E-state index in [1.807, 2.05) is 7.05 Å². The third-order valence-electron chi connectivity index (χ3n) is 3.89. The smallest absolute Gasteiger partial charge is 0.225 e. The molecule has 6 heteroatoms. The lowest BCUT2D eigenvalue weighted by Gasteiger charge is -2.36. The fourth-order valence-electron chi connectivity index (χ4n) is 2.73. The summed E-state index contributed by atoms with van der Waals surface area (Å²) in [6.45, 7) is 2.27. The van der Waals surface area contributed by atoms with Crippen molar-refractivity contribution in [3.05, 3.63) is 18.0 Å². The summed E-state index contributed by atoms with van der Waals surface area (Å²) in [5.74, 6) is 1.27. The molecular formula is C13H21N5O. The van der Waals surface area contributed by atoms with Gasteiger partial charge in [-0.3, -0.25) is 0 Å². The summed E-state index contributed by atoms with van der Waals surface area (Å²) in [4.78, 5) is 10.7. The van der Waals surface area contributed by atoms with Crippen molar-refractivity contribution in [1.82, 2.24) is 9.97 Å². The van der Waals surface area contributed by atoms with Crippen LogP contribution in [0.1, 0.15) is 38.3 Å². The molecule has 2 rings (SSSR count). The molecule has 0 aliphatic heterocycles. The highest BCUT2D eigenvalue weighted by molar-refractivity contribution is 5.95. The Balaban J connectivity index is 2.21. The Bertz CT molecular complexity index is 462. The maximum Gasteiger partial charge on any atom is 0.225 e. The van der Waals surface area contributed by atoms with E-state index in [4.69, 9.17) is 10.9 Å². The molecule has 0 aromatic carbocycles. The van der Waals surface area contributed by atoms with E-state index in [-0.39, 0.29) is 5.84 Å². The Morgan fingerprint density at radius 3 is 2.89 bits per heavy atom. The van der Waals surface area contributed by atoms with Gasteiger partial charge in [0, 0.05) is 19.3 Å². The third kappa shape index (κ3) is 2.94. The molecule has 0 bridgehead atoms. The van der Waals surface area contributed by atoms with Gasteiger partial charge < -0.3 is 15.8 Å². The van der Waals surface area contributed by atoms with Gasteiger partial charge in [0.2, 0.25) is 5.95 Å². The van der Waals surface area contributed by atoms with Crippen LogP contribution in [0.5, 0.6) is 0 Å². The second-order valence-electron chi connectivity index (χ2n) is 5.17. The van der Waals surface area contributed by atoms with Crippen LogP contribution in [0.2, 0.25) is 0 Å². The van der Waals surface area contributed by atoms with Crippen molar-refractivity contribution in [3.63, 3.8) is 0 Å². The summed E-state index contributed by atoms with van der Waals surface area (Å²) in [7, 11) is 2.01. The first kappa shape index (κ1) is 13.6. The van der Waals surface area contributed by atoms with Gasteiger partial charge in [0.1, 0.15) is 5.69 Å². The monoisotopic (exact) mass is 263 g/mol. The van der Waals surface area contributed by atoms with Crippen LogP contribution in [0.15, 0.2) is 17.4 Å². The maximum absolute atomic E-state index is 8.70. The van der Waals surface area contributed by atoms with Crippen molar-refractivity contribution in [2.45, 2.75) is 38.6 Å². The topological polar surface area (TPSA) is 87.6 Å². The molecule has 1 heterocycles. The summed E-state index contributed by atoms with van der Waals surface area (Å²) in [5, 5.41) is 11.7. The van der Waals surface area contributed by atoms with E-state index in [0.717, 1.165) is 6.42 Å². The second kappa shape index (κ2) is 5.86. The summed E-state index contributed by atoms with van der Waals surface area (Å²) in [6, 6.07) is 2.09. The average Bonchev–Trinajstić information content (AvgIpc) is 2.46. The fourth-order valence-corrected chi connectivity index (χ4v) is 2.73. The van der Waals surface area contributed by atoms with Gasteiger partial charge in [0.05, 0.1) is 0 Å². The maximum atomic E-state index is 8.70. The first-order chi connectivity index (χ1) is 9.13. The molecule has 1 fully saturated rings. The van der Waals surface area contributed by atoms with Gasteiger partial charge in [-0.25, -0.2) is 9.97 Å². The van der Waals surface area contributed by atoms with Gasteiger partial charge in [-0.1, -0.05) is 24.9 Å². The van der Waals surface area contributed by atoms with Crippen LogP contribution < -0.4 is 10.6 Å². The number of nitrogens with zero attached hydrogens (tertiary/aromatic N) is 4. The lowest BCUT2D eigenvalue weighted by atomic mass is 9.85. The lowest BCUT2D eigenvalue weighted by molar-refractivity contribution is 0.317. The minimum Gasteiger partial charge on any atom is -0.409 e. The minimum atomic E-state index is 0.00810. The fraction of sp³-hybridized carbons (Fsp3) is 0.615. The average molecular weight is 263 g/mol. The molecule has 19 heavy (non-hydrogen) atoms. The van der Waals surface area contributed by atoms with Crippen LogP contribution in [0.4, 0.5) is 5.95 Å². The molecule has 3 N–H and O–H groups in total. The molecule has 1 aromatic heterocycles. The van der Waals surface area contributed by atoms with Crippen molar-refractivity contribution >= 4 is 11.8 Å². The van der Waals surface area contributed by atoms with E-state index < -0.39 is 0 Å². The highest BCUT2D eigenvalue weighted by atomic mass is 16.4. The number of rotatable bonds is 3. The number of nitrogens with two attached hydrogens (primary N) is 1. The Morgan fingerprint density at radius 2 is 2.21 bits per heavy atom. The zero-order valence-corrected chi connectivity index (χ0v) is 11.5. The van der Waals surface area contributed by atoms with Crippen molar-refractivity contribution in [1.29, 1.82) is 0 Å². The Hall–Kier alpha value is -1.85. The predicted molar refractivity (Wildman–Crippen MR) is 74.4 cm³/mol. The molecule has 1 aromatic rings. The van der Waals surface area contributed by atoms with E-state index in [0.29, 0.717) is 23.6 Å². The van der Waals surface area contributed by atoms with Gasteiger partial charge in [-0.15, -0.1) is 0 Å². The van der Waals surface area contributed by atoms with Crippen molar-refractivity contribution in [3.8, 4) is 0 Å². The van der Waals surface area contributed by atoms with E-state index in [1.54, 1.807) is 12.3 Å². The molecule has 1 aliphatic carbocycles. The Labute approximate surface area is 113 Å². The molecule has 2 unspecified atom stereocenters. The van der Waals surface area contributed by atoms with Gasteiger partial charge in [0.25, 0.3) is 0 Å². The predicted octanol–water partition coefficient (Wildman–Crippen LogP) is 1.59. The molecule has 6 nitrogen and oxygen atoms in total. The molecular weight excluding hydrogens is 242 g/mol. The minimum absolute atomic E-state index is 0.00810. The first-order valence-electron chi connectivity index (χ1n) is 6.67. The summed E-state index contributed by atoms with van der Waals surface area (Å²) >= 11 is 0. The number of hydrogen-bond acceptors (Lipinski definition) is 5. The van der Waals surface area contributed by atoms with Crippen LogP contribution in [0.3, 0.4) is 0 Å². The summed E-state index contributed by atoms with van der Waals surface area (Å²) in [6.07, 6.45) is 6.60. The lowest BCUT2D eigenvalue weighted by Crippen LogP contribution is -2.40. The number of aromatic nitrogens is 2. The number of anilines is 1. The zero-order chi connectivity index (χ0) is 13.8. The number of oxime groups is 1. The quantitative estimate of drug-likeness (QED) is 0.374. The Kier molecular flexibility index (Phi) is 4.19. The standard InChI is InChI=1S/C13H21N5O/c1-9-5-3-4-6-11(9)18(2)13-15-8-7-10(16-13)12(14)17-19/h7-9,11,19H,3-6H2,1-2H3,(H2,14,17). The molecule has 0 amide bonds. The molecule has 104 valence electrons. The highest BCUT2D eigenvalue weighted by Gasteiger charge is 2.26. The van der Waals surface area contributed by atoms with Crippen molar-refractivity contribution in [2.75, 3.05) is 11.9 Å². The summed E-state index contributed by atoms with van der Waals surface area (Å²) < 4.78 is 0. The highest BCUT2D eigenvalue weighted by Crippen LogP contribution is 2.28. The Morgan fingerprint density at radius 1 is 1.47 bits per heavy atom.